The van der Waals surface area contributed by atoms with Gasteiger partial charge in [-0.05, 0) is 19.8 Å². The molecule has 0 radical (unpaired) electrons. The molecule has 6 nitrogen and oxygen atoms in total. The molecule has 2 atom stereocenters. The molecule has 0 bridgehead atoms. The Labute approximate surface area is 112 Å². The fourth-order valence-corrected chi connectivity index (χ4v) is 3.02. The standard InChI is InChI=1S/C13H19N5O/c1-2-14-11-6-12(17-8-16-11)18-5-3-4-9-10(18)7-15-13(9)19/h6,8-10H,2-5,7H2,1H3,(H,15,19)(H,14,16,17). The van der Waals surface area contributed by atoms with Crippen LogP contribution in [0.5, 0.6) is 0 Å². The second-order valence-electron chi connectivity index (χ2n) is 5.05. The van der Waals surface area contributed by atoms with Crippen LogP contribution in [0, 0.1) is 5.92 Å². The van der Waals surface area contributed by atoms with E-state index >= 15 is 0 Å². The molecule has 0 aliphatic carbocycles. The first-order chi connectivity index (χ1) is 9.29. The highest BCUT2D eigenvalue weighted by Gasteiger charge is 2.41. The third kappa shape index (κ3) is 2.22. The molecule has 2 aliphatic heterocycles. The minimum Gasteiger partial charge on any atom is -0.370 e. The van der Waals surface area contributed by atoms with Crippen molar-refractivity contribution in [3.63, 3.8) is 0 Å². The Hall–Kier alpha value is -1.85. The van der Waals surface area contributed by atoms with Crippen LogP contribution in [-0.4, -0.2) is 41.6 Å². The summed E-state index contributed by atoms with van der Waals surface area (Å²) in [5, 5.41) is 6.16. The Morgan fingerprint density at radius 1 is 1.53 bits per heavy atom. The first-order valence-electron chi connectivity index (χ1n) is 6.90. The summed E-state index contributed by atoms with van der Waals surface area (Å²) in [4.78, 5) is 22.6. The third-order valence-electron chi connectivity index (χ3n) is 3.91. The molecule has 2 fully saturated rings. The first kappa shape index (κ1) is 12.2. The number of piperidine rings is 1. The fraction of sp³-hybridized carbons (Fsp3) is 0.615. The molecule has 2 unspecified atom stereocenters. The van der Waals surface area contributed by atoms with Gasteiger partial charge in [-0.15, -0.1) is 0 Å². The summed E-state index contributed by atoms with van der Waals surface area (Å²) in [7, 11) is 0. The van der Waals surface area contributed by atoms with Gasteiger partial charge in [-0.2, -0.15) is 0 Å². The molecule has 3 rings (SSSR count). The van der Waals surface area contributed by atoms with Crippen molar-refractivity contribution >= 4 is 17.5 Å². The number of carbonyl (C=O) groups is 1. The maximum Gasteiger partial charge on any atom is 0.225 e. The molecule has 0 saturated carbocycles. The third-order valence-corrected chi connectivity index (χ3v) is 3.91. The molecule has 2 aliphatic rings. The van der Waals surface area contributed by atoms with Crippen molar-refractivity contribution in [3.8, 4) is 0 Å². The van der Waals surface area contributed by atoms with Crippen LogP contribution in [0.4, 0.5) is 11.6 Å². The van der Waals surface area contributed by atoms with Crippen LogP contribution in [0.25, 0.3) is 0 Å². The quantitative estimate of drug-likeness (QED) is 0.835. The topological polar surface area (TPSA) is 70.2 Å². The van der Waals surface area contributed by atoms with Crippen LogP contribution in [-0.2, 0) is 4.79 Å². The van der Waals surface area contributed by atoms with E-state index in [0.29, 0.717) is 0 Å². The van der Waals surface area contributed by atoms with Gasteiger partial charge in [0.25, 0.3) is 0 Å². The van der Waals surface area contributed by atoms with Crippen molar-refractivity contribution < 1.29 is 4.79 Å². The van der Waals surface area contributed by atoms with Gasteiger partial charge in [-0.25, -0.2) is 9.97 Å². The highest BCUT2D eigenvalue weighted by molar-refractivity contribution is 5.83. The van der Waals surface area contributed by atoms with Crippen LogP contribution in [0.3, 0.4) is 0 Å². The number of aromatic nitrogens is 2. The van der Waals surface area contributed by atoms with Gasteiger partial charge >= 0.3 is 0 Å². The second-order valence-corrected chi connectivity index (χ2v) is 5.05. The molecule has 2 N–H and O–H groups in total. The Balaban J connectivity index is 1.84. The van der Waals surface area contributed by atoms with Crippen LogP contribution in [0.2, 0.25) is 0 Å². The minimum atomic E-state index is 0.117. The lowest BCUT2D eigenvalue weighted by Gasteiger charge is -2.36. The number of hydrogen-bond acceptors (Lipinski definition) is 5. The zero-order valence-electron chi connectivity index (χ0n) is 11.1. The Kier molecular flexibility index (Phi) is 3.23. The first-order valence-corrected chi connectivity index (χ1v) is 6.90. The van der Waals surface area contributed by atoms with Crippen molar-refractivity contribution in [3.05, 3.63) is 12.4 Å². The van der Waals surface area contributed by atoms with E-state index in [4.69, 9.17) is 0 Å². The smallest absolute Gasteiger partial charge is 0.225 e. The van der Waals surface area contributed by atoms with E-state index < -0.39 is 0 Å². The van der Waals surface area contributed by atoms with Gasteiger partial charge in [-0.1, -0.05) is 0 Å². The van der Waals surface area contributed by atoms with Crippen molar-refractivity contribution in [2.75, 3.05) is 29.9 Å². The number of hydrogen-bond donors (Lipinski definition) is 2. The van der Waals surface area contributed by atoms with Crippen molar-refractivity contribution in [1.29, 1.82) is 0 Å². The van der Waals surface area contributed by atoms with E-state index in [1.165, 1.54) is 0 Å². The maximum absolute atomic E-state index is 11.8. The molecule has 19 heavy (non-hydrogen) atoms. The van der Waals surface area contributed by atoms with E-state index in [9.17, 15) is 4.79 Å². The summed E-state index contributed by atoms with van der Waals surface area (Å²) in [6, 6.07) is 2.21. The number of fused-ring (bicyclic) bond motifs is 1. The summed E-state index contributed by atoms with van der Waals surface area (Å²) >= 11 is 0. The number of nitrogens with zero attached hydrogens (tertiary/aromatic N) is 3. The molecule has 0 spiro atoms. The van der Waals surface area contributed by atoms with E-state index in [1.54, 1.807) is 6.33 Å². The highest BCUT2D eigenvalue weighted by Crippen LogP contribution is 2.30. The normalized spacial score (nSPS) is 25.9. The average molecular weight is 261 g/mol. The van der Waals surface area contributed by atoms with Crippen LogP contribution >= 0.6 is 0 Å². The minimum absolute atomic E-state index is 0.117. The molecule has 102 valence electrons. The molecule has 2 saturated heterocycles. The average Bonchev–Trinajstić information content (AvgIpc) is 2.81. The van der Waals surface area contributed by atoms with Gasteiger partial charge in [0, 0.05) is 25.7 Å². The van der Waals surface area contributed by atoms with Gasteiger partial charge < -0.3 is 15.5 Å². The lowest BCUT2D eigenvalue weighted by molar-refractivity contribution is -0.122. The van der Waals surface area contributed by atoms with E-state index in [0.717, 1.165) is 44.1 Å². The van der Waals surface area contributed by atoms with Crippen LogP contribution in [0.1, 0.15) is 19.8 Å². The molecule has 1 aromatic heterocycles. The zero-order chi connectivity index (χ0) is 13.2. The lowest BCUT2D eigenvalue weighted by atomic mass is 9.91. The number of amides is 1. The van der Waals surface area contributed by atoms with E-state index in [1.807, 2.05) is 13.0 Å². The molecule has 3 heterocycles. The molecule has 0 aromatic carbocycles. The monoisotopic (exact) mass is 261 g/mol. The number of carbonyl (C=O) groups excluding carboxylic acids is 1. The molecular formula is C13H19N5O. The number of rotatable bonds is 3. The predicted molar refractivity (Wildman–Crippen MR) is 73.1 cm³/mol. The van der Waals surface area contributed by atoms with Gasteiger partial charge in [0.2, 0.25) is 5.91 Å². The molecule has 1 aromatic rings. The largest absolute Gasteiger partial charge is 0.370 e. The summed E-state index contributed by atoms with van der Waals surface area (Å²) in [5.74, 6) is 2.06. The van der Waals surface area contributed by atoms with Crippen molar-refractivity contribution in [2.24, 2.45) is 5.92 Å². The van der Waals surface area contributed by atoms with Gasteiger partial charge in [0.1, 0.15) is 18.0 Å². The van der Waals surface area contributed by atoms with Gasteiger partial charge in [0.05, 0.1) is 12.0 Å². The van der Waals surface area contributed by atoms with Crippen LogP contribution < -0.4 is 15.5 Å². The molecular weight excluding hydrogens is 242 g/mol. The summed E-state index contributed by atoms with van der Waals surface area (Å²) < 4.78 is 0. The zero-order valence-corrected chi connectivity index (χ0v) is 11.1. The van der Waals surface area contributed by atoms with Crippen molar-refractivity contribution in [2.45, 2.75) is 25.8 Å². The number of anilines is 2. The van der Waals surface area contributed by atoms with Gasteiger partial charge in [-0.3, -0.25) is 4.79 Å². The SMILES string of the molecule is CCNc1cc(N2CCCC3C(=O)NCC32)ncn1. The Morgan fingerprint density at radius 3 is 3.26 bits per heavy atom. The predicted octanol–water partition coefficient (Wildman–Crippen LogP) is 0.623. The lowest BCUT2D eigenvalue weighted by Crippen LogP contribution is -2.46. The molecule has 1 amide bonds. The summed E-state index contributed by atoms with van der Waals surface area (Å²) in [6.45, 7) is 4.56. The second kappa shape index (κ2) is 5.03. The summed E-state index contributed by atoms with van der Waals surface area (Å²) in [6.07, 6.45) is 3.61. The Morgan fingerprint density at radius 2 is 2.42 bits per heavy atom. The van der Waals surface area contributed by atoms with Gasteiger partial charge in [0.15, 0.2) is 0 Å². The maximum atomic E-state index is 11.8. The van der Waals surface area contributed by atoms with E-state index in [2.05, 4.69) is 25.5 Å². The molecule has 6 heteroatoms. The number of nitrogens with one attached hydrogen (secondary N) is 2. The fourth-order valence-electron chi connectivity index (χ4n) is 3.02. The van der Waals surface area contributed by atoms with E-state index in [-0.39, 0.29) is 17.9 Å². The highest BCUT2D eigenvalue weighted by atomic mass is 16.2. The van der Waals surface area contributed by atoms with Crippen LogP contribution in [0.15, 0.2) is 12.4 Å². The summed E-state index contributed by atoms with van der Waals surface area (Å²) in [5.41, 5.74) is 0. The Bertz CT molecular complexity index is 478. The van der Waals surface area contributed by atoms with Crippen molar-refractivity contribution in [1.82, 2.24) is 15.3 Å².